The molecule has 0 saturated carbocycles. The summed E-state index contributed by atoms with van der Waals surface area (Å²) < 4.78 is 39.7. The fourth-order valence-corrected chi connectivity index (χ4v) is 4.92. The number of rotatable bonds is 4. The number of halogens is 1. The van der Waals surface area contributed by atoms with E-state index in [-0.39, 0.29) is 34.6 Å². The number of carbonyl (C=O) groups is 1. The molecule has 0 fully saturated rings. The second-order valence-corrected chi connectivity index (χ2v) is 10.5. The molecule has 2 aromatic rings. The lowest BCUT2D eigenvalue weighted by Crippen LogP contribution is -2.44. The third kappa shape index (κ3) is 6.38. The van der Waals surface area contributed by atoms with Crippen molar-refractivity contribution in [3.05, 3.63) is 53.1 Å². The number of nitrogens with one attached hydrogen (secondary N) is 2. The van der Waals surface area contributed by atoms with Gasteiger partial charge in [-0.15, -0.1) is 0 Å². The van der Waals surface area contributed by atoms with Crippen LogP contribution in [0, 0.1) is 5.92 Å². The van der Waals surface area contributed by atoms with Crippen LogP contribution in [0.4, 0.5) is 5.69 Å². The molecule has 2 N–H and O–H groups in total. The molecule has 33 heavy (non-hydrogen) atoms. The smallest absolute Gasteiger partial charge is 0.261 e. The Morgan fingerprint density at radius 2 is 1.97 bits per heavy atom. The zero-order valence-corrected chi connectivity index (χ0v) is 20.7. The molecule has 2 aromatic carbocycles. The molecular formula is C23H30ClN3O5S. The first-order valence-electron chi connectivity index (χ1n) is 10.7. The monoisotopic (exact) mass is 495 g/mol. The molecule has 0 saturated heterocycles. The quantitative estimate of drug-likeness (QED) is 0.676. The summed E-state index contributed by atoms with van der Waals surface area (Å²) in [6, 6.07) is 10.6. The summed E-state index contributed by atoms with van der Waals surface area (Å²) in [6.07, 6.45) is -0.133. The maximum absolute atomic E-state index is 13.2. The van der Waals surface area contributed by atoms with Gasteiger partial charge in [0.05, 0.1) is 22.3 Å². The summed E-state index contributed by atoms with van der Waals surface area (Å²) in [5.41, 5.74) is 0.624. The molecule has 1 aliphatic heterocycles. The normalized spacial score (nSPS) is 22.5. The van der Waals surface area contributed by atoms with Crippen LogP contribution in [0.25, 0.3) is 0 Å². The number of ether oxygens (including phenoxy) is 2. The zero-order chi connectivity index (χ0) is 24.2. The summed E-state index contributed by atoms with van der Waals surface area (Å²) in [5, 5.41) is 3.74. The van der Waals surface area contributed by atoms with Crippen molar-refractivity contribution in [2.24, 2.45) is 5.92 Å². The summed E-state index contributed by atoms with van der Waals surface area (Å²) in [5.74, 6) is 0.258. The van der Waals surface area contributed by atoms with E-state index in [0.29, 0.717) is 36.0 Å². The minimum absolute atomic E-state index is 0.0110. The van der Waals surface area contributed by atoms with E-state index in [1.165, 1.54) is 18.2 Å². The molecule has 1 amide bonds. The Balaban J connectivity index is 1.92. The van der Waals surface area contributed by atoms with Gasteiger partial charge in [0.1, 0.15) is 12.4 Å². The molecule has 0 bridgehead atoms. The Morgan fingerprint density at radius 3 is 2.67 bits per heavy atom. The molecule has 180 valence electrons. The van der Waals surface area contributed by atoms with Gasteiger partial charge in [-0.1, -0.05) is 24.6 Å². The third-order valence-electron chi connectivity index (χ3n) is 5.59. The highest BCUT2D eigenvalue weighted by Crippen LogP contribution is 2.28. The second kappa shape index (κ2) is 10.7. The number of amides is 1. The van der Waals surface area contributed by atoms with Gasteiger partial charge < -0.3 is 19.7 Å². The van der Waals surface area contributed by atoms with E-state index in [0.717, 1.165) is 0 Å². The van der Waals surface area contributed by atoms with Crippen molar-refractivity contribution >= 4 is 33.2 Å². The number of fused-ring (bicyclic) bond motifs is 1. The Morgan fingerprint density at radius 1 is 1.21 bits per heavy atom. The number of methoxy groups -OCH3 is 1. The van der Waals surface area contributed by atoms with Crippen molar-refractivity contribution in [2.75, 3.05) is 38.6 Å². The Labute approximate surface area is 200 Å². The van der Waals surface area contributed by atoms with E-state index >= 15 is 0 Å². The first-order valence-corrected chi connectivity index (χ1v) is 12.5. The first kappa shape index (κ1) is 25.3. The van der Waals surface area contributed by atoms with Crippen molar-refractivity contribution < 1.29 is 22.7 Å². The Bertz CT molecular complexity index is 1100. The van der Waals surface area contributed by atoms with Gasteiger partial charge in [0.2, 0.25) is 0 Å². The highest BCUT2D eigenvalue weighted by Gasteiger charge is 2.26. The van der Waals surface area contributed by atoms with E-state index in [1.54, 1.807) is 43.3 Å². The molecule has 1 heterocycles. The van der Waals surface area contributed by atoms with E-state index in [1.807, 2.05) is 6.92 Å². The third-order valence-corrected chi connectivity index (χ3v) is 7.20. The summed E-state index contributed by atoms with van der Waals surface area (Å²) in [7, 11) is -0.515. The number of benzene rings is 2. The molecule has 3 atom stereocenters. The SMILES string of the molecule is CO[C@H]1CN(C)C(=O)c2ccc(NS(=O)(=O)c3cccc(Cl)c3)cc2OC[C@@H](C)NC[C@H]1C. The molecule has 3 rings (SSSR count). The van der Waals surface area contributed by atoms with Gasteiger partial charge in [-0.3, -0.25) is 9.52 Å². The molecular weight excluding hydrogens is 466 g/mol. The number of anilines is 1. The van der Waals surface area contributed by atoms with E-state index < -0.39 is 10.0 Å². The second-order valence-electron chi connectivity index (χ2n) is 8.33. The molecule has 1 aliphatic rings. The lowest BCUT2D eigenvalue weighted by atomic mass is 10.0. The average Bonchev–Trinajstić information content (AvgIpc) is 2.78. The summed E-state index contributed by atoms with van der Waals surface area (Å²) in [4.78, 5) is 14.8. The molecule has 0 aromatic heterocycles. The largest absolute Gasteiger partial charge is 0.491 e. The Kier molecular flexibility index (Phi) is 8.23. The Hall–Kier alpha value is -2.33. The van der Waals surface area contributed by atoms with Crippen LogP contribution < -0.4 is 14.8 Å². The van der Waals surface area contributed by atoms with Gasteiger partial charge in [-0.05, 0) is 43.2 Å². The number of hydrogen-bond donors (Lipinski definition) is 2. The van der Waals surface area contributed by atoms with Crippen molar-refractivity contribution in [3.8, 4) is 5.75 Å². The van der Waals surface area contributed by atoms with Gasteiger partial charge in [-0.2, -0.15) is 0 Å². The molecule has 10 heteroatoms. The fraction of sp³-hybridized carbons (Fsp3) is 0.435. The van der Waals surface area contributed by atoms with Crippen LogP contribution in [0.3, 0.4) is 0 Å². The van der Waals surface area contributed by atoms with Crippen LogP contribution in [0.2, 0.25) is 5.02 Å². The average molecular weight is 496 g/mol. The van der Waals surface area contributed by atoms with Crippen molar-refractivity contribution in [2.45, 2.75) is 30.9 Å². The van der Waals surface area contributed by atoms with Crippen LogP contribution in [-0.2, 0) is 14.8 Å². The van der Waals surface area contributed by atoms with E-state index in [9.17, 15) is 13.2 Å². The van der Waals surface area contributed by atoms with Gasteiger partial charge in [-0.25, -0.2) is 8.42 Å². The van der Waals surface area contributed by atoms with Gasteiger partial charge >= 0.3 is 0 Å². The maximum atomic E-state index is 13.2. The van der Waals surface area contributed by atoms with Gasteiger partial charge in [0.15, 0.2) is 0 Å². The van der Waals surface area contributed by atoms with E-state index in [4.69, 9.17) is 21.1 Å². The van der Waals surface area contributed by atoms with Crippen LogP contribution in [0.5, 0.6) is 5.75 Å². The zero-order valence-electron chi connectivity index (χ0n) is 19.2. The molecule has 0 radical (unpaired) electrons. The number of likely N-dealkylation sites (N-methyl/N-ethyl adjacent to an activating group) is 1. The van der Waals surface area contributed by atoms with Crippen molar-refractivity contribution in [3.63, 3.8) is 0 Å². The predicted molar refractivity (Wildman–Crippen MR) is 129 cm³/mol. The van der Waals surface area contributed by atoms with E-state index in [2.05, 4.69) is 17.0 Å². The molecule has 0 unspecified atom stereocenters. The molecule has 0 spiro atoms. The number of nitrogens with zero attached hydrogens (tertiary/aromatic N) is 1. The summed E-state index contributed by atoms with van der Waals surface area (Å²) in [6.45, 7) is 5.48. The first-order chi connectivity index (χ1) is 15.6. The highest BCUT2D eigenvalue weighted by molar-refractivity contribution is 7.92. The van der Waals surface area contributed by atoms with Crippen molar-refractivity contribution in [1.29, 1.82) is 0 Å². The standard InChI is InChI=1S/C23H30ClN3O5S/c1-15-12-25-16(2)14-32-21-11-18(26-33(29,30)19-7-5-6-17(24)10-19)8-9-20(21)23(28)27(3)13-22(15)31-4/h5-11,15-16,22,25-26H,12-14H2,1-4H3/t15-,16-,22+/m1/s1. The highest BCUT2D eigenvalue weighted by atomic mass is 35.5. The molecule has 0 aliphatic carbocycles. The molecule has 8 nitrogen and oxygen atoms in total. The van der Waals surface area contributed by atoms with Crippen LogP contribution in [0.1, 0.15) is 24.2 Å². The lowest BCUT2D eigenvalue weighted by molar-refractivity contribution is 0.0281. The number of carbonyl (C=O) groups excluding carboxylic acids is 1. The number of hydrogen-bond acceptors (Lipinski definition) is 6. The van der Waals surface area contributed by atoms with Crippen LogP contribution in [-0.4, -0.2) is 65.2 Å². The lowest BCUT2D eigenvalue weighted by Gasteiger charge is -2.30. The van der Waals surface area contributed by atoms with Gasteiger partial charge in [0.25, 0.3) is 15.9 Å². The maximum Gasteiger partial charge on any atom is 0.261 e. The minimum Gasteiger partial charge on any atom is -0.491 e. The van der Waals surface area contributed by atoms with Gasteiger partial charge in [0, 0.05) is 44.4 Å². The van der Waals surface area contributed by atoms with Crippen LogP contribution >= 0.6 is 11.6 Å². The predicted octanol–water partition coefficient (Wildman–Crippen LogP) is 3.23. The summed E-state index contributed by atoms with van der Waals surface area (Å²) >= 11 is 5.94. The van der Waals surface area contributed by atoms with Crippen molar-refractivity contribution in [1.82, 2.24) is 10.2 Å². The topological polar surface area (TPSA) is 97.0 Å². The van der Waals surface area contributed by atoms with Crippen LogP contribution in [0.15, 0.2) is 47.4 Å². The fourth-order valence-electron chi connectivity index (χ4n) is 3.57. The minimum atomic E-state index is -3.87. The number of sulfonamides is 1.